The number of nitrogens with zero attached hydrogens (tertiary/aromatic N) is 2. The summed E-state index contributed by atoms with van der Waals surface area (Å²) in [6.07, 6.45) is 3.75. The molecule has 2 atom stereocenters. The first-order valence-corrected chi connectivity index (χ1v) is 7.63. The third-order valence-electron chi connectivity index (χ3n) is 3.77. The number of halogens is 1. The van der Waals surface area contributed by atoms with E-state index in [4.69, 9.17) is 0 Å². The highest BCUT2D eigenvalue weighted by Gasteiger charge is 2.20. The van der Waals surface area contributed by atoms with Crippen molar-refractivity contribution in [3.63, 3.8) is 0 Å². The van der Waals surface area contributed by atoms with E-state index in [1.165, 1.54) is 25.1 Å². The van der Waals surface area contributed by atoms with Gasteiger partial charge in [-0.25, -0.2) is 4.39 Å². The number of rotatable bonds is 9. The Kier molecular flexibility index (Phi) is 7.70. The molecule has 0 aliphatic rings. The fourth-order valence-electron chi connectivity index (χ4n) is 2.57. The van der Waals surface area contributed by atoms with Crippen molar-refractivity contribution < 1.29 is 4.39 Å². The summed E-state index contributed by atoms with van der Waals surface area (Å²) in [5.41, 5.74) is 0.910. The molecule has 0 radical (unpaired) electrons. The molecule has 1 heterocycles. The van der Waals surface area contributed by atoms with Crippen molar-refractivity contribution in [2.24, 2.45) is 5.92 Å². The molecule has 114 valence electrons. The topological polar surface area (TPSA) is 28.2 Å². The van der Waals surface area contributed by atoms with E-state index >= 15 is 0 Å². The number of unbranched alkanes of at least 4 members (excludes halogenated alkanes) is 1. The van der Waals surface area contributed by atoms with Gasteiger partial charge in [0.2, 0.25) is 0 Å². The van der Waals surface area contributed by atoms with E-state index < -0.39 is 0 Å². The zero-order valence-electron chi connectivity index (χ0n) is 13.2. The first-order chi connectivity index (χ1) is 9.62. The molecule has 4 heteroatoms. The number of hydrogen-bond acceptors (Lipinski definition) is 3. The third-order valence-corrected chi connectivity index (χ3v) is 3.77. The Balaban J connectivity index is 2.66. The zero-order chi connectivity index (χ0) is 15.0. The smallest absolute Gasteiger partial charge is 0.141 e. The molecule has 0 aliphatic heterocycles. The first-order valence-electron chi connectivity index (χ1n) is 7.63. The van der Waals surface area contributed by atoms with Gasteiger partial charge >= 0.3 is 0 Å². The van der Waals surface area contributed by atoms with Gasteiger partial charge in [0, 0.05) is 6.54 Å². The van der Waals surface area contributed by atoms with Crippen molar-refractivity contribution in [1.29, 1.82) is 0 Å². The Morgan fingerprint density at radius 3 is 2.60 bits per heavy atom. The Morgan fingerprint density at radius 2 is 2.10 bits per heavy atom. The van der Waals surface area contributed by atoms with Crippen molar-refractivity contribution in [2.75, 3.05) is 26.7 Å². The van der Waals surface area contributed by atoms with E-state index in [0.717, 1.165) is 25.3 Å². The Bertz CT molecular complexity index is 366. The highest BCUT2D eigenvalue weighted by molar-refractivity contribution is 5.10. The quantitative estimate of drug-likeness (QED) is 0.753. The maximum atomic E-state index is 13.0. The molecule has 2 unspecified atom stereocenters. The van der Waals surface area contributed by atoms with Crippen LogP contribution in [-0.4, -0.2) is 36.6 Å². The minimum atomic E-state index is -0.283. The minimum Gasteiger partial charge on any atom is -0.311 e. The number of nitrogens with one attached hydrogen (secondary N) is 1. The molecule has 1 N–H and O–H groups in total. The van der Waals surface area contributed by atoms with E-state index in [-0.39, 0.29) is 11.9 Å². The number of pyridine rings is 1. The van der Waals surface area contributed by atoms with E-state index in [0.29, 0.717) is 5.92 Å². The lowest BCUT2D eigenvalue weighted by molar-refractivity contribution is 0.218. The molecule has 1 aromatic rings. The second-order valence-electron chi connectivity index (χ2n) is 5.39. The van der Waals surface area contributed by atoms with Crippen molar-refractivity contribution >= 4 is 0 Å². The van der Waals surface area contributed by atoms with Crippen LogP contribution in [0.2, 0.25) is 0 Å². The van der Waals surface area contributed by atoms with Crippen LogP contribution in [0, 0.1) is 11.7 Å². The standard InChI is InChI=1S/C16H28FN3/c1-5-7-10-20(6-2)12-13(3)16(18-4)15-9-8-14(17)11-19-15/h8-9,11,13,16,18H,5-7,10,12H2,1-4H3. The van der Waals surface area contributed by atoms with Crippen molar-refractivity contribution in [2.45, 2.75) is 39.7 Å². The average Bonchev–Trinajstić information content (AvgIpc) is 2.46. The van der Waals surface area contributed by atoms with E-state index in [2.05, 4.69) is 36.0 Å². The lowest BCUT2D eigenvalue weighted by Gasteiger charge is -2.29. The van der Waals surface area contributed by atoms with Gasteiger partial charge in [-0.1, -0.05) is 27.2 Å². The second kappa shape index (κ2) is 9.03. The molecule has 20 heavy (non-hydrogen) atoms. The first kappa shape index (κ1) is 17.1. The van der Waals surface area contributed by atoms with Gasteiger partial charge in [0.05, 0.1) is 17.9 Å². The SMILES string of the molecule is CCCCN(CC)CC(C)C(NC)c1ccc(F)cn1. The van der Waals surface area contributed by atoms with Crippen molar-refractivity contribution in [3.05, 3.63) is 29.8 Å². The summed E-state index contributed by atoms with van der Waals surface area (Å²) < 4.78 is 13.0. The molecule has 3 nitrogen and oxygen atoms in total. The van der Waals surface area contributed by atoms with Crippen LogP contribution in [0.1, 0.15) is 45.3 Å². The molecule has 0 aromatic carbocycles. The van der Waals surface area contributed by atoms with Crippen LogP contribution in [0.25, 0.3) is 0 Å². The van der Waals surface area contributed by atoms with Gasteiger partial charge in [-0.05, 0) is 44.6 Å². The molecule has 1 aromatic heterocycles. The maximum Gasteiger partial charge on any atom is 0.141 e. The lowest BCUT2D eigenvalue weighted by Crippen LogP contribution is -2.35. The molecule has 0 amide bonds. The van der Waals surface area contributed by atoms with Crippen LogP contribution in [-0.2, 0) is 0 Å². The third kappa shape index (κ3) is 5.17. The fraction of sp³-hybridized carbons (Fsp3) is 0.688. The largest absolute Gasteiger partial charge is 0.311 e. The van der Waals surface area contributed by atoms with Gasteiger partial charge in [-0.15, -0.1) is 0 Å². The summed E-state index contributed by atoms with van der Waals surface area (Å²) >= 11 is 0. The van der Waals surface area contributed by atoms with Gasteiger partial charge in [-0.3, -0.25) is 4.98 Å². The van der Waals surface area contributed by atoms with Crippen LogP contribution >= 0.6 is 0 Å². The predicted molar refractivity (Wildman–Crippen MR) is 82.2 cm³/mol. The molecule has 0 bridgehead atoms. The van der Waals surface area contributed by atoms with Gasteiger partial charge in [0.1, 0.15) is 5.82 Å². The van der Waals surface area contributed by atoms with Crippen molar-refractivity contribution in [1.82, 2.24) is 15.2 Å². The minimum absolute atomic E-state index is 0.159. The Labute approximate surface area is 122 Å². The molecule has 0 spiro atoms. The molecule has 0 saturated heterocycles. The van der Waals surface area contributed by atoms with Crippen molar-refractivity contribution in [3.8, 4) is 0 Å². The van der Waals surface area contributed by atoms with Gasteiger partial charge < -0.3 is 10.2 Å². The molecule has 0 aliphatic carbocycles. The highest BCUT2D eigenvalue weighted by Crippen LogP contribution is 2.21. The number of hydrogen-bond donors (Lipinski definition) is 1. The van der Waals surface area contributed by atoms with Gasteiger partial charge in [0.25, 0.3) is 0 Å². The lowest BCUT2D eigenvalue weighted by atomic mass is 9.97. The van der Waals surface area contributed by atoms with E-state index in [9.17, 15) is 4.39 Å². The van der Waals surface area contributed by atoms with Crippen LogP contribution < -0.4 is 5.32 Å². The predicted octanol–water partition coefficient (Wildman–Crippen LogP) is 3.24. The second-order valence-corrected chi connectivity index (χ2v) is 5.39. The Morgan fingerprint density at radius 1 is 1.35 bits per heavy atom. The summed E-state index contributed by atoms with van der Waals surface area (Å²) in [5, 5.41) is 3.31. The molecule has 0 fully saturated rings. The zero-order valence-corrected chi connectivity index (χ0v) is 13.2. The van der Waals surface area contributed by atoms with Crippen LogP contribution in [0.4, 0.5) is 4.39 Å². The van der Waals surface area contributed by atoms with E-state index in [1.807, 2.05) is 7.05 Å². The van der Waals surface area contributed by atoms with Crippen LogP contribution in [0.15, 0.2) is 18.3 Å². The average molecular weight is 281 g/mol. The van der Waals surface area contributed by atoms with Gasteiger partial charge in [-0.2, -0.15) is 0 Å². The summed E-state index contributed by atoms with van der Waals surface area (Å²) in [6, 6.07) is 3.41. The van der Waals surface area contributed by atoms with Crippen LogP contribution in [0.3, 0.4) is 0 Å². The summed E-state index contributed by atoms with van der Waals surface area (Å²) in [5.74, 6) is 0.143. The van der Waals surface area contributed by atoms with Gasteiger partial charge in [0.15, 0.2) is 0 Å². The van der Waals surface area contributed by atoms with Crippen LogP contribution in [0.5, 0.6) is 0 Å². The molecular weight excluding hydrogens is 253 g/mol. The monoisotopic (exact) mass is 281 g/mol. The Hall–Kier alpha value is -1.00. The molecular formula is C16H28FN3. The maximum absolute atomic E-state index is 13.0. The summed E-state index contributed by atoms with van der Waals surface area (Å²) in [4.78, 5) is 6.68. The summed E-state index contributed by atoms with van der Waals surface area (Å²) in [7, 11) is 1.94. The fourth-order valence-corrected chi connectivity index (χ4v) is 2.57. The highest BCUT2D eigenvalue weighted by atomic mass is 19.1. The summed E-state index contributed by atoms with van der Waals surface area (Å²) in [6.45, 7) is 9.88. The molecule has 0 saturated carbocycles. The van der Waals surface area contributed by atoms with E-state index in [1.54, 1.807) is 6.07 Å². The molecule has 1 rings (SSSR count). The normalized spacial score (nSPS) is 14.5. The number of aromatic nitrogens is 1.